The number of hydrogen-bond donors (Lipinski definition) is 2. The zero-order chi connectivity index (χ0) is 21.5. The molecule has 3 aliphatic carbocycles. The molecule has 3 aliphatic rings. The molecule has 0 atom stereocenters. The highest BCUT2D eigenvalue weighted by atomic mass is 35.5. The fourth-order valence-electron chi connectivity index (χ4n) is 5.86. The van der Waals surface area contributed by atoms with Crippen molar-refractivity contribution in [1.29, 1.82) is 0 Å². The van der Waals surface area contributed by atoms with Gasteiger partial charge in [0.1, 0.15) is 5.54 Å². The van der Waals surface area contributed by atoms with Gasteiger partial charge in [-0.15, -0.1) is 0 Å². The van der Waals surface area contributed by atoms with E-state index < -0.39 is 11.5 Å². The van der Waals surface area contributed by atoms with E-state index in [9.17, 15) is 9.90 Å². The second-order valence-electron chi connectivity index (χ2n) is 9.23. The first-order chi connectivity index (χ1) is 15.0. The maximum Gasteiger partial charge on any atom is 0.329 e. The minimum atomic E-state index is -0.973. The Morgan fingerprint density at radius 2 is 1.81 bits per heavy atom. The van der Waals surface area contributed by atoms with Crippen molar-refractivity contribution in [1.82, 2.24) is 0 Å². The normalized spacial score (nSPS) is 27.4. The number of carbonyl (C=O) groups is 1. The van der Waals surface area contributed by atoms with Crippen LogP contribution in [0.1, 0.15) is 62.5 Å². The first kappa shape index (κ1) is 20.4. The van der Waals surface area contributed by atoms with Crippen LogP contribution in [-0.2, 0) is 10.2 Å². The number of hydrogen-bond acceptors (Lipinski definition) is 2. The van der Waals surface area contributed by atoms with E-state index in [0.29, 0.717) is 17.9 Å². The Morgan fingerprint density at radius 1 is 1.00 bits per heavy atom. The van der Waals surface area contributed by atoms with Crippen LogP contribution in [0.4, 0.5) is 5.69 Å². The maximum atomic E-state index is 12.5. The summed E-state index contributed by atoms with van der Waals surface area (Å²) >= 11 is 6.15. The van der Waals surface area contributed by atoms with Crippen LogP contribution in [0.15, 0.2) is 65.8 Å². The van der Waals surface area contributed by atoms with Crippen molar-refractivity contribution in [2.45, 2.75) is 62.3 Å². The van der Waals surface area contributed by atoms with E-state index in [1.54, 1.807) is 12.1 Å². The van der Waals surface area contributed by atoms with Crippen LogP contribution in [0, 0.1) is 0 Å². The van der Waals surface area contributed by atoms with E-state index in [0.717, 1.165) is 31.4 Å². The average Bonchev–Trinajstić information content (AvgIpc) is 3.10. The average molecular weight is 434 g/mol. The molecule has 0 heterocycles. The number of benzene rings is 2. The van der Waals surface area contributed by atoms with Gasteiger partial charge in [-0.3, -0.25) is 0 Å². The van der Waals surface area contributed by atoms with E-state index in [-0.39, 0.29) is 5.41 Å². The van der Waals surface area contributed by atoms with Gasteiger partial charge in [0.2, 0.25) is 0 Å². The Morgan fingerprint density at radius 3 is 2.52 bits per heavy atom. The first-order valence-corrected chi connectivity index (χ1v) is 11.7. The molecule has 2 N–H and O–H groups in total. The first-order valence-electron chi connectivity index (χ1n) is 11.3. The molecular formula is C27H28ClNO2. The molecule has 0 saturated heterocycles. The molecule has 1 saturated carbocycles. The largest absolute Gasteiger partial charge is 0.480 e. The monoisotopic (exact) mass is 433 g/mol. The second kappa shape index (κ2) is 7.87. The van der Waals surface area contributed by atoms with Crippen molar-refractivity contribution < 1.29 is 9.90 Å². The zero-order valence-electron chi connectivity index (χ0n) is 17.7. The van der Waals surface area contributed by atoms with Crippen molar-refractivity contribution in [2.24, 2.45) is 0 Å². The number of halogens is 1. The van der Waals surface area contributed by atoms with E-state index in [1.165, 1.54) is 35.1 Å². The molecule has 0 unspecified atom stereocenters. The SMILES string of the molecule is O=C(O)C1(Nc2cccc(Cl)c2)CCC2(CC1)C(C1=CCCCC1)=Cc1ccccc12. The minimum absolute atomic E-state index is 0.0747. The topological polar surface area (TPSA) is 49.3 Å². The highest BCUT2D eigenvalue weighted by Crippen LogP contribution is 2.56. The van der Waals surface area contributed by atoms with Gasteiger partial charge in [0.05, 0.1) is 0 Å². The summed E-state index contributed by atoms with van der Waals surface area (Å²) in [4.78, 5) is 12.5. The van der Waals surface area contributed by atoms with Crippen LogP contribution < -0.4 is 5.32 Å². The predicted molar refractivity (Wildman–Crippen MR) is 127 cm³/mol. The van der Waals surface area contributed by atoms with Gasteiger partial charge in [-0.1, -0.05) is 54.1 Å². The summed E-state index contributed by atoms with van der Waals surface area (Å²) in [7, 11) is 0. The van der Waals surface area contributed by atoms with Gasteiger partial charge in [0, 0.05) is 16.1 Å². The van der Waals surface area contributed by atoms with Gasteiger partial charge in [-0.25, -0.2) is 4.79 Å². The standard InChI is InChI=1S/C27H28ClNO2/c28-21-10-6-11-22(18-21)29-27(25(30)31)15-13-26(14-16-27)23-12-5-4-9-20(23)17-24(26)19-7-2-1-3-8-19/h4-7,9-12,17-18,29H,1-3,8,13-16H2,(H,30,31). The molecule has 1 fully saturated rings. The molecule has 160 valence electrons. The van der Waals surface area contributed by atoms with Crippen molar-refractivity contribution >= 4 is 29.3 Å². The number of nitrogens with one attached hydrogen (secondary N) is 1. The quantitative estimate of drug-likeness (QED) is 0.546. The number of allylic oxidation sites excluding steroid dienone is 3. The summed E-state index contributed by atoms with van der Waals surface area (Å²) in [5.41, 5.74) is 5.31. The molecule has 1 spiro atoms. The lowest BCUT2D eigenvalue weighted by molar-refractivity contribution is -0.143. The minimum Gasteiger partial charge on any atom is -0.480 e. The number of anilines is 1. The highest BCUT2D eigenvalue weighted by molar-refractivity contribution is 6.30. The Balaban J connectivity index is 1.49. The van der Waals surface area contributed by atoms with Gasteiger partial charge >= 0.3 is 5.97 Å². The van der Waals surface area contributed by atoms with Gasteiger partial charge < -0.3 is 10.4 Å². The molecule has 2 aromatic rings. The molecule has 4 heteroatoms. The number of rotatable bonds is 4. The fraction of sp³-hybridized carbons (Fsp3) is 0.370. The molecule has 2 aromatic carbocycles. The lowest BCUT2D eigenvalue weighted by Gasteiger charge is -2.46. The third-order valence-electron chi connectivity index (χ3n) is 7.50. The number of carboxylic acid groups (broad SMARTS) is 1. The van der Waals surface area contributed by atoms with Gasteiger partial charge in [-0.05, 0) is 91.8 Å². The molecule has 0 amide bonds. The van der Waals surface area contributed by atoms with E-state index in [1.807, 2.05) is 12.1 Å². The number of carboxylic acids is 1. The van der Waals surface area contributed by atoms with E-state index in [2.05, 4.69) is 41.7 Å². The molecule has 0 aliphatic heterocycles. The molecule has 0 bridgehead atoms. The van der Waals surface area contributed by atoms with Crippen molar-refractivity contribution in [3.63, 3.8) is 0 Å². The number of fused-ring (bicyclic) bond motifs is 2. The van der Waals surface area contributed by atoms with E-state index in [4.69, 9.17) is 11.6 Å². The second-order valence-corrected chi connectivity index (χ2v) is 9.66. The number of aliphatic carboxylic acids is 1. The van der Waals surface area contributed by atoms with Crippen LogP contribution in [0.2, 0.25) is 5.02 Å². The zero-order valence-corrected chi connectivity index (χ0v) is 18.4. The van der Waals surface area contributed by atoms with E-state index >= 15 is 0 Å². The molecule has 5 rings (SSSR count). The third kappa shape index (κ3) is 3.49. The van der Waals surface area contributed by atoms with Gasteiger partial charge in [-0.2, -0.15) is 0 Å². The van der Waals surface area contributed by atoms with Crippen molar-refractivity contribution in [2.75, 3.05) is 5.32 Å². The Hall–Kier alpha value is -2.52. The molecule has 3 nitrogen and oxygen atoms in total. The maximum absolute atomic E-state index is 12.5. The Kier molecular flexibility index (Phi) is 5.18. The van der Waals surface area contributed by atoms with Crippen molar-refractivity contribution in [3.8, 4) is 0 Å². The van der Waals surface area contributed by atoms with Crippen LogP contribution in [0.3, 0.4) is 0 Å². The summed E-state index contributed by atoms with van der Waals surface area (Å²) in [5, 5.41) is 14.2. The Labute approximate surface area is 188 Å². The Bertz CT molecular complexity index is 1080. The molecular weight excluding hydrogens is 406 g/mol. The fourth-order valence-corrected chi connectivity index (χ4v) is 6.05. The lowest BCUT2D eigenvalue weighted by Crippen LogP contribution is -2.52. The van der Waals surface area contributed by atoms with Crippen LogP contribution in [-0.4, -0.2) is 16.6 Å². The summed E-state index contributed by atoms with van der Waals surface area (Å²) in [6, 6.07) is 16.0. The van der Waals surface area contributed by atoms with Gasteiger partial charge in [0.15, 0.2) is 0 Å². The third-order valence-corrected chi connectivity index (χ3v) is 7.74. The predicted octanol–water partition coefficient (Wildman–Crippen LogP) is 6.98. The summed E-state index contributed by atoms with van der Waals surface area (Å²) < 4.78 is 0. The van der Waals surface area contributed by atoms with Crippen LogP contribution in [0.5, 0.6) is 0 Å². The van der Waals surface area contributed by atoms with Crippen molar-refractivity contribution in [3.05, 3.63) is 81.9 Å². The molecule has 31 heavy (non-hydrogen) atoms. The smallest absolute Gasteiger partial charge is 0.329 e. The van der Waals surface area contributed by atoms with Crippen LogP contribution >= 0.6 is 11.6 Å². The molecule has 0 radical (unpaired) electrons. The summed E-state index contributed by atoms with van der Waals surface area (Å²) in [6.07, 6.45) is 12.4. The lowest BCUT2D eigenvalue weighted by atomic mass is 9.60. The summed E-state index contributed by atoms with van der Waals surface area (Å²) in [5.74, 6) is -0.781. The van der Waals surface area contributed by atoms with Gasteiger partial charge in [0.25, 0.3) is 0 Å². The summed E-state index contributed by atoms with van der Waals surface area (Å²) in [6.45, 7) is 0. The molecule has 0 aromatic heterocycles. The van der Waals surface area contributed by atoms with Crippen LogP contribution in [0.25, 0.3) is 6.08 Å². The highest BCUT2D eigenvalue weighted by Gasteiger charge is 2.52.